The van der Waals surface area contributed by atoms with Gasteiger partial charge in [0.25, 0.3) is 5.91 Å². The van der Waals surface area contributed by atoms with Crippen LogP contribution >= 0.6 is 0 Å². The predicted octanol–water partition coefficient (Wildman–Crippen LogP) is 2.00. The monoisotopic (exact) mass is 326 g/mol. The molecule has 0 aromatic heterocycles. The minimum Gasteiger partial charge on any atom is -0.392 e. The fourth-order valence-corrected chi connectivity index (χ4v) is 2.38. The Labute approximate surface area is 141 Å². The average Bonchev–Trinajstić information content (AvgIpc) is 2.60. The second-order valence-corrected chi connectivity index (χ2v) is 5.65. The maximum absolute atomic E-state index is 12.0. The molecule has 0 aliphatic carbocycles. The molecule has 2 aromatic carbocycles. The van der Waals surface area contributed by atoms with Gasteiger partial charge < -0.3 is 15.7 Å². The van der Waals surface area contributed by atoms with Crippen LogP contribution in [0.25, 0.3) is 0 Å². The highest BCUT2D eigenvalue weighted by Crippen LogP contribution is 2.08. The Morgan fingerprint density at radius 2 is 1.62 bits per heavy atom. The zero-order valence-electron chi connectivity index (χ0n) is 13.7. The molecule has 5 nitrogen and oxygen atoms in total. The topological polar surface area (TPSA) is 78.4 Å². The third-order valence-corrected chi connectivity index (χ3v) is 3.67. The van der Waals surface area contributed by atoms with E-state index in [9.17, 15) is 14.7 Å². The van der Waals surface area contributed by atoms with Crippen LogP contribution in [-0.2, 0) is 17.9 Å². The van der Waals surface area contributed by atoms with Gasteiger partial charge in [-0.1, -0.05) is 42.5 Å². The van der Waals surface area contributed by atoms with Gasteiger partial charge in [0, 0.05) is 24.6 Å². The minimum atomic E-state index is -0.272. The molecular formula is C19H22N2O3. The minimum absolute atomic E-state index is 0.0599. The van der Waals surface area contributed by atoms with E-state index in [4.69, 9.17) is 0 Å². The summed E-state index contributed by atoms with van der Waals surface area (Å²) in [6.07, 6.45) is 0.194. The molecule has 0 saturated carbocycles. The fourth-order valence-electron chi connectivity index (χ4n) is 2.38. The lowest BCUT2D eigenvalue weighted by molar-refractivity contribution is -0.121. The van der Waals surface area contributed by atoms with E-state index in [1.807, 2.05) is 30.3 Å². The summed E-state index contributed by atoms with van der Waals surface area (Å²) < 4.78 is 0. The number of hydrogen-bond donors (Lipinski definition) is 3. The van der Waals surface area contributed by atoms with Crippen LogP contribution in [-0.4, -0.2) is 23.0 Å². The number of carbonyl (C=O) groups is 2. The summed E-state index contributed by atoms with van der Waals surface area (Å²) >= 11 is 0. The van der Waals surface area contributed by atoms with E-state index in [-0.39, 0.29) is 30.9 Å². The summed E-state index contributed by atoms with van der Waals surface area (Å²) in [5.41, 5.74) is 2.25. The first-order chi connectivity index (χ1) is 11.6. The highest BCUT2D eigenvalue weighted by molar-refractivity contribution is 5.94. The SMILES string of the molecule is CC(CC(=O)NCc1ccccc1CO)NC(=O)c1ccccc1. The van der Waals surface area contributed by atoms with Crippen molar-refractivity contribution < 1.29 is 14.7 Å². The van der Waals surface area contributed by atoms with Crippen molar-refractivity contribution in [2.45, 2.75) is 32.5 Å². The lowest BCUT2D eigenvalue weighted by atomic mass is 10.1. The van der Waals surface area contributed by atoms with Crippen LogP contribution in [0, 0.1) is 0 Å². The number of hydrogen-bond acceptors (Lipinski definition) is 3. The lowest BCUT2D eigenvalue weighted by Crippen LogP contribution is -2.37. The average molecular weight is 326 g/mol. The van der Waals surface area contributed by atoms with Crippen LogP contribution in [0.1, 0.15) is 34.8 Å². The van der Waals surface area contributed by atoms with Gasteiger partial charge in [-0.15, -0.1) is 0 Å². The summed E-state index contributed by atoms with van der Waals surface area (Å²) in [5.74, 6) is -0.342. The van der Waals surface area contributed by atoms with E-state index in [0.717, 1.165) is 11.1 Å². The first-order valence-corrected chi connectivity index (χ1v) is 7.90. The first-order valence-electron chi connectivity index (χ1n) is 7.90. The van der Waals surface area contributed by atoms with Gasteiger partial charge in [-0.25, -0.2) is 0 Å². The fraction of sp³-hybridized carbons (Fsp3) is 0.263. The number of amides is 2. The third kappa shape index (κ3) is 5.21. The molecule has 24 heavy (non-hydrogen) atoms. The predicted molar refractivity (Wildman–Crippen MR) is 92.2 cm³/mol. The molecule has 0 saturated heterocycles. The second kappa shape index (κ2) is 8.84. The Morgan fingerprint density at radius 3 is 2.29 bits per heavy atom. The van der Waals surface area contributed by atoms with Gasteiger partial charge in [-0.05, 0) is 30.2 Å². The van der Waals surface area contributed by atoms with Crippen molar-refractivity contribution in [2.75, 3.05) is 0 Å². The summed E-state index contributed by atoms with van der Waals surface area (Å²) in [6.45, 7) is 2.09. The first kappa shape index (κ1) is 17.7. The normalized spacial score (nSPS) is 11.6. The van der Waals surface area contributed by atoms with Gasteiger partial charge in [0.2, 0.25) is 5.91 Å². The van der Waals surface area contributed by atoms with E-state index >= 15 is 0 Å². The summed E-state index contributed by atoms with van der Waals surface area (Å²) in [5, 5.41) is 14.9. The van der Waals surface area contributed by atoms with E-state index in [1.165, 1.54) is 0 Å². The van der Waals surface area contributed by atoms with Gasteiger partial charge in [-0.2, -0.15) is 0 Å². The molecule has 2 rings (SSSR count). The number of benzene rings is 2. The maximum Gasteiger partial charge on any atom is 0.251 e. The number of rotatable bonds is 7. The molecule has 3 N–H and O–H groups in total. The van der Waals surface area contributed by atoms with Crippen LogP contribution in [0.5, 0.6) is 0 Å². The van der Waals surface area contributed by atoms with Crippen molar-refractivity contribution in [1.82, 2.24) is 10.6 Å². The summed E-state index contributed by atoms with van der Waals surface area (Å²) in [7, 11) is 0. The summed E-state index contributed by atoms with van der Waals surface area (Å²) in [4.78, 5) is 24.0. The lowest BCUT2D eigenvalue weighted by Gasteiger charge is -2.14. The molecule has 0 bridgehead atoms. The quantitative estimate of drug-likeness (QED) is 0.728. The molecule has 0 heterocycles. The Balaban J connectivity index is 1.80. The molecule has 1 atom stereocenters. The van der Waals surface area contributed by atoms with Gasteiger partial charge in [0.05, 0.1) is 6.61 Å². The number of carbonyl (C=O) groups excluding carboxylic acids is 2. The molecule has 2 aromatic rings. The molecule has 0 fully saturated rings. The molecule has 0 spiro atoms. The van der Waals surface area contributed by atoms with Crippen molar-refractivity contribution >= 4 is 11.8 Å². The maximum atomic E-state index is 12.0. The molecular weight excluding hydrogens is 304 g/mol. The molecule has 0 aliphatic rings. The molecule has 5 heteroatoms. The number of aliphatic hydroxyl groups is 1. The van der Waals surface area contributed by atoms with Crippen molar-refractivity contribution in [3.8, 4) is 0 Å². The van der Waals surface area contributed by atoms with Crippen molar-refractivity contribution in [3.63, 3.8) is 0 Å². The molecule has 0 radical (unpaired) electrons. The van der Waals surface area contributed by atoms with Crippen LogP contribution in [0.15, 0.2) is 54.6 Å². The van der Waals surface area contributed by atoms with Crippen LogP contribution < -0.4 is 10.6 Å². The van der Waals surface area contributed by atoms with Crippen LogP contribution in [0.3, 0.4) is 0 Å². The second-order valence-electron chi connectivity index (χ2n) is 5.65. The third-order valence-electron chi connectivity index (χ3n) is 3.67. The molecule has 0 aliphatic heterocycles. The van der Waals surface area contributed by atoms with E-state index < -0.39 is 0 Å². The number of aliphatic hydroxyl groups excluding tert-OH is 1. The number of nitrogens with one attached hydrogen (secondary N) is 2. The van der Waals surface area contributed by atoms with Gasteiger partial charge in [0.1, 0.15) is 0 Å². The Morgan fingerprint density at radius 1 is 1.00 bits per heavy atom. The van der Waals surface area contributed by atoms with Gasteiger partial charge in [0.15, 0.2) is 0 Å². The van der Waals surface area contributed by atoms with Crippen molar-refractivity contribution in [2.24, 2.45) is 0 Å². The zero-order valence-corrected chi connectivity index (χ0v) is 13.7. The Kier molecular flexibility index (Phi) is 6.51. The molecule has 1 unspecified atom stereocenters. The Hall–Kier alpha value is -2.66. The van der Waals surface area contributed by atoms with E-state index in [2.05, 4.69) is 10.6 Å². The van der Waals surface area contributed by atoms with Crippen molar-refractivity contribution in [1.29, 1.82) is 0 Å². The highest BCUT2D eigenvalue weighted by Gasteiger charge is 2.13. The smallest absolute Gasteiger partial charge is 0.251 e. The van der Waals surface area contributed by atoms with E-state index in [1.54, 1.807) is 31.2 Å². The van der Waals surface area contributed by atoms with Crippen molar-refractivity contribution in [3.05, 3.63) is 71.3 Å². The molecule has 126 valence electrons. The Bertz CT molecular complexity index is 686. The largest absolute Gasteiger partial charge is 0.392 e. The standard InChI is InChI=1S/C19H22N2O3/c1-14(21-19(24)15-7-3-2-4-8-15)11-18(23)20-12-16-9-5-6-10-17(16)13-22/h2-10,14,22H,11-13H2,1H3,(H,20,23)(H,21,24). The van der Waals surface area contributed by atoms with Gasteiger partial charge >= 0.3 is 0 Å². The summed E-state index contributed by atoms with van der Waals surface area (Å²) in [6, 6.07) is 16.0. The van der Waals surface area contributed by atoms with Crippen LogP contribution in [0.2, 0.25) is 0 Å². The molecule has 2 amide bonds. The van der Waals surface area contributed by atoms with Gasteiger partial charge in [-0.3, -0.25) is 9.59 Å². The zero-order chi connectivity index (χ0) is 17.4. The van der Waals surface area contributed by atoms with Crippen LogP contribution in [0.4, 0.5) is 0 Å². The van der Waals surface area contributed by atoms with E-state index in [0.29, 0.717) is 12.1 Å². The highest BCUT2D eigenvalue weighted by atomic mass is 16.3.